The summed E-state index contributed by atoms with van der Waals surface area (Å²) in [5.74, 6) is 0. The number of carbonyl (C=O) groups excluding carboxylic acids is 1. The Bertz CT molecular complexity index is 271. The fourth-order valence-corrected chi connectivity index (χ4v) is 3.49. The van der Waals surface area contributed by atoms with Crippen LogP contribution in [0, 0.1) is 0 Å². The summed E-state index contributed by atoms with van der Waals surface area (Å²) in [5, 5.41) is 12.7. The summed E-state index contributed by atoms with van der Waals surface area (Å²) in [5.41, 5.74) is 0. The molecule has 0 aromatic heterocycles. The number of hydrogen-bond acceptors (Lipinski definition) is 3. The summed E-state index contributed by atoms with van der Waals surface area (Å²) in [6.07, 6.45) is 7.79. The SMILES string of the molecule is CS[C@@H]1CCC[C@H]1NC(=O)N(CCO)C1CC1. The number of carbonyl (C=O) groups is 1. The van der Waals surface area contributed by atoms with Crippen molar-refractivity contribution < 1.29 is 9.90 Å². The van der Waals surface area contributed by atoms with Crippen LogP contribution in [0.4, 0.5) is 4.79 Å². The average Bonchev–Trinajstić information content (AvgIpc) is 3.06. The predicted octanol–water partition coefficient (Wildman–Crippen LogP) is 1.44. The van der Waals surface area contributed by atoms with E-state index in [1.165, 1.54) is 12.8 Å². The Labute approximate surface area is 107 Å². The van der Waals surface area contributed by atoms with Gasteiger partial charge in [0.1, 0.15) is 0 Å². The molecule has 2 atom stereocenters. The van der Waals surface area contributed by atoms with Gasteiger partial charge in [-0.3, -0.25) is 0 Å². The minimum atomic E-state index is 0.0208. The zero-order valence-electron chi connectivity index (χ0n) is 10.4. The van der Waals surface area contributed by atoms with Crippen LogP contribution in [0.3, 0.4) is 0 Å². The number of aliphatic hydroxyl groups excluding tert-OH is 1. The summed E-state index contributed by atoms with van der Waals surface area (Å²) >= 11 is 1.85. The first-order valence-electron chi connectivity index (χ1n) is 6.47. The van der Waals surface area contributed by atoms with Gasteiger partial charge in [0.15, 0.2) is 0 Å². The fourth-order valence-electron chi connectivity index (χ4n) is 2.56. The first-order valence-corrected chi connectivity index (χ1v) is 7.76. The second kappa shape index (κ2) is 5.96. The Kier molecular flexibility index (Phi) is 4.56. The van der Waals surface area contributed by atoms with Gasteiger partial charge in [-0.1, -0.05) is 6.42 Å². The molecular weight excluding hydrogens is 236 g/mol. The molecule has 0 unspecified atom stereocenters. The highest BCUT2D eigenvalue weighted by Crippen LogP contribution is 2.30. The van der Waals surface area contributed by atoms with E-state index < -0.39 is 0 Å². The van der Waals surface area contributed by atoms with Gasteiger partial charge in [0, 0.05) is 23.9 Å². The van der Waals surface area contributed by atoms with Crippen LogP contribution in [0.5, 0.6) is 0 Å². The van der Waals surface area contributed by atoms with Crippen LogP contribution in [0.15, 0.2) is 0 Å². The average molecular weight is 258 g/mol. The largest absolute Gasteiger partial charge is 0.395 e. The minimum absolute atomic E-state index is 0.0208. The summed E-state index contributed by atoms with van der Waals surface area (Å²) in [6, 6.07) is 0.709. The van der Waals surface area contributed by atoms with Crippen molar-refractivity contribution in [3.05, 3.63) is 0 Å². The summed E-state index contributed by atoms with van der Waals surface area (Å²) in [4.78, 5) is 13.9. The molecule has 17 heavy (non-hydrogen) atoms. The van der Waals surface area contributed by atoms with Gasteiger partial charge in [-0.05, 0) is 31.9 Å². The third-order valence-corrected chi connectivity index (χ3v) is 4.82. The second-order valence-electron chi connectivity index (χ2n) is 4.91. The maximum atomic E-state index is 12.1. The molecule has 0 radical (unpaired) electrons. The zero-order valence-corrected chi connectivity index (χ0v) is 11.2. The van der Waals surface area contributed by atoms with Gasteiger partial charge in [-0.15, -0.1) is 0 Å². The van der Waals surface area contributed by atoms with Gasteiger partial charge < -0.3 is 15.3 Å². The van der Waals surface area contributed by atoms with Crippen molar-refractivity contribution in [3.63, 3.8) is 0 Å². The Hall–Kier alpha value is -0.420. The Morgan fingerprint density at radius 3 is 2.76 bits per heavy atom. The molecule has 2 fully saturated rings. The van der Waals surface area contributed by atoms with Crippen LogP contribution < -0.4 is 5.32 Å². The van der Waals surface area contributed by atoms with E-state index in [1.807, 2.05) is 11.8 Å². The lowest BCUT2D eigenvalue weighted by Gasteiger charge is -2.26. The van der Waals surface area contributed by atoms with E-state index in [0.29, 0.717) is 23.9 Å². The third kappa shape index (κ3) is 3.28. The quantitative estimate of drug-likeness (QED) is 0.784. The summed E-state index contributed by atoms with van der Waals surface area (Å²) < 4.78 is 0. The number of rotatable bonds is 5. The van der Waals surface area contributed by atoms with Crippen molar-refractivity contribution in [1.29, 1.82) is 0 Å². The molecule has 2 rings (SSSR count). The van der Waals surface area contributed by atoms with Crippen molar-refractivity contribution in [3.8, 4) is 0 Å². The lowest BCUT2D eigenvalue weighted by molar-refractivity contribution is 0.171. The first-order chi connectivity index (χ1) is 8.26. The van der Waals surface area contributed by atoms with Gasteiger partial charge in [0.25, 0.3) is 0 Å². The highest BCUT2D eigenvalue weighted by Gasteiger charge is 2.35. The fraction of sp³-hybridized carbons (Fsp3) is 0.917. The molecule has 2 aliphatic rings. The lowest BCUT2D eigenvalue weighted by atomic mass is 10.2. The molecule has 2 aliphatic carbocycles. The second-order valence-corrected chi connectivity index (χ2v) is 5.99. The monoisotopic (exact) mass is 258 g/mol. The number of aliphatic hydroxyl groups is 1. The number of nitrogens with one attached hydrogen (secondary N) is 1. The van der Waals surface area contributed by atoms with Crippen molar-refractivity contribution in [2.45, 2.75) is 49.4 Å². The predicted molar refractivity (Wildman–Crippen MR) is 70.3 cm³/mol. The molecule has 98 valence electrons. The molecule has 2 amide bonds. The van der Waals surface area contributed by atoms with Crippen molar-refractivity contribution >= 4 is 17.8 Å². The maximum Gasteiger partial charge on any atom is 0.317 e. The van der Waals surface area contributed by atoms with E-state index >= 15 is 0 Å². The third-order valence-electron chi connectivity index (χ3n) is 3.65. The molecule has 0 aromatic rings. The van der Waals surface area contributed by atoms with Crippen LogP contribution in [-0.2, 0) is 0 Å². The Morgan fingerprint density at radius 1 is 1.41 bits per heavy atom. The molecule has 0 spiro atoms. The van der Waals surface area contributed by atoms with Gasteiger partial charge in [0.05, 0.1) is 6.61 Å². The molecule has 2 saturated carbocycles. The van der Waals surface area contributed by atoms with E-state index in [0.717, 1.165) is 19.3 Å². The molecule has 2 N–H and O–H groups in total. The number of nitrogens with zero attached hydrogens (tertiary/aromatic N) is 1. The maximum absolute atomic E-state index is 12.1. The molecule has 0 aromatic carbocycles. The summed E-state index contributed by atoms with van der Waals surface area (Å²) in [6.45, 7) is 0.522. The molecular formula is C12H22N2O2S. The van der Waals surface area contributed by atoms with Crippen LogP contribution in [0.1, 0.15) is 32.1 Å². The normalized spacial score (nSPS) is 28.1. The highest BCUT2D eigenvalue weighted by atomic mass is 32.2. The van der Waals surface area contributed by atoms with E-state index in [2.05, 4.69) is 11.6 Å². The van der Waals surface area contributed by atoms with Crippen LogP contribution in [0.2, 0.25) is 0 Å². The number of thioether (sulfide) groups is 1. The molecule has 0 heterocycles. The molecule has 4 nitrogen and oxygen atoms in total. The topological polar surface area (TPSA) is 52.6 Å². The zero-order chi connectivity index (χ0) is 12.3. The molecule has 0 bridgehead atoms. The standard InChI is InChI=1S/C12H22N2O2S/c1-17-11-4-2-3-10(11)13-12(16)14(7-8-15)9-5-6-9/h9-11,15H,2-8H2,1H3,(H,13,16)/t10-,11-/m1/s1. The van der Waals surface area contributed by atoms with Gasteiger partial charge >= 0.3 is 6.03 Å². The molecule has 5 heteroatoms. The van der Waals surface area contributed by atoms with Crippen molar-refractivity contribution in [2.24, 2.45) is 0 Å². The Balaban J connectivity index is 1.85. The summed E-state index contributed by atoms with van der Waals surface area (Å²) in [7, 11) is 0. The van der Waals surface area contributed by atoms with Crippen molar-refractivity contribution in [1.82, 2.24) is 10.2 Å². The minimum Gasteiger partial charge on any atom is -0.395 e. The molecule has 0 aliphatic heterocycles. The number of amides is 2. The van der Waals surface area contributed by atoms with E-state index in [4.69, 9.17) is 5.11 Å². The van der Waals surface area contributed by atoms with Crippen LogP contribution in [0.25, 0.3) is 0 Å². The first kappa shape index (κ1) is 13.0. The van der Waals surface area contributed by atoms with Crippen LogP contribution >= 0.6 is 11.8 Å². The van der Waals surface area contributed by atoms with Crippen molar-refractivity contribution in [2.75, 3.05) is 19.4 Å². The van der Waals surface area contributed by atoms with E-state index in [-0.39, 0.29) is 12.6 Å². The smallest absolute Gasteiger partial charge is 0.317 e. The van der Waals surface area contributed by atoms with E-state index in [1.54, 1.807) is 4.90 Å². The van der Waals surface area contributed by atoms with Gasteiger partial charge in [0.2, 0.25) is 0 Å². The number of urea groups is 1. The van der Waals surface area contributed by atoms with Crippen LogP contribution in [-0.4, -0.2) is 52.8 Å². The Morgan fingerprint density at radius 2 is 2.18 bits per heavy atom. The van der Waals surface area contributed by atoms with Gasteiger partial charge in [-0.25, -0.2) is 4.79 Å². The molecule has 0 saturated heterocycles. The number of hydrogen-bond donors (Lipinski definition) is 2. The van der Waals surface area contributed by atoms with E-state index in [9.17, 15) is 4.79 Å². The van der Waals surface area contributed by atoms with Gasteiger partial charge in [-0.2, -0.15) is 11.8 Å². The highest BCUT2D eigenvalue weighted by molar-refractivity contribution is 7.99. The lowest BCUT2D eigenvalue weighted by Crippen LogP contribution is -2.48.